The lowest BCUT2D eigenvalue weighted by Crippen LogP contribution is -2.19. The van der Waals surface area contributed by atoms with Crippen molar-refractivity contribution in [2.24, 2.45) is 0 Å². The van der Waals surface area contributed by atoms with E-state index >= 15 is 0 Å². The normalized spacial score (nSPS) is 12.9. The van der Waals surface area contributed by atoms with Crippen molar-refractivity contribution in [1.29, 1.82) is 0 Å². The molecule has 0 saturated heterocycles. The molecule has 0 fully saturated rings. The number of hydrogen-bond acceptors (Lipinski definition) is 2. The number of hydrogen-bond donors (Lipinski definition) is 1. The molecule has 0 radical (unpaired) electrons. The van der Waals surface area contributed by atoms with Gasteiger partial charge >= 0.3 is 6.36 Å². The molecule has 0 saturated carbocycles. The molecule has 0 amide bonds. The van der Waals surface area contributed by atoms with Gasteiger partial charge in [-0.3, -0.25) is 0 Å². The molecule has 1 aromatic rings. The van der Waals surface area contributed by atoms with Crippen LogP contribution in [-0.4, -0.2) is 12.9 Å². The van der Waals surface area contributed by atoms with Crippen LogP contribution in [-0.2, 0) is 0 Å². The first-order valence-corrected chi connectivity index (χ1v) is 6.06. The van der Waals surface area contributed by atoms with E-state index in [9.17, 15) is 13.2 Å². The Balaban J connectivity index is 2.86. The van der Waals surface area contributed by atoms with Crippen LogP contribution in [0.4, 0.5) is 13.2 Å². The number of alkyl halides is 3. The van der Waals surface area contributed by atoms with Gasteiger partial charge in [-0.25, -0.2) is 0 Å². The largest absolute Gasteiger partial charge is 0.573 e. The molecule has 2 nitrogen and oxygen atoms in total. The van der Waals surface area contributed by atoms with Gasteiger partial charge in [-0.15, -0.1) is 13.2 Å². The van der Waals surface area contributed by atoms with E-state index in [1.165, 1.54) is 12.1 Å². The van der Waals surface area contributed by atoms with Crippen molar-refractivity contribution >= 4 is 0 Å². The SMILES string of the molecule is CCNC(C=C(C)C)c1ccc(OC(F)(F)F)cc1. The van der Waals surface area contributed by atoms with E-state index in [0.29, 0.717) is 0 Å². The minimum atomic E-state index is -4.65. The molecule has 5 heteroatoms. The van der Waals surface area contributed by atoms with Crippen molar-refractivity contribution in [2.75, 3.05) is 6.54 Å². The third-order valence-corrected chi connectivity index (χ3v) is 2.40. The lowest BCUT2D eigenvalue weighted by Gasteiger charge is -2.16. The summed E-state index contributed by atoms with van der Waals surface area (Å²) in [5.41, 5.74) is 2.04. The second kappa shape index (κ2) is 6.61. The number of likely N-dealkylation sites (N-methyl/N-ethyl adjacent to an activating group) is 1. The molecule has 1 atom stereocenters. The molecule has 1 rings (SSSR count). The van der Waals surface area contributed by atoms with Gasteiger partial charge in [0, 0.05) is 0 Å². The van der Waals surface area contributed by atoms with Crippen molar-refractivity contribution in [2.45, 2.75) is 33.2 Å². The Bertz CT molecular complexity index is 419. The monoisotopic (exact) mass is 273 g/mol. The van der Waals surface area contributed by atoms with E-state index in [1.54, 1.807) is 12.1 Å². The topological polar surface area (TPSA) is 21.3 Å². The fraction of sp³-hybridized carbons (Fsp3) is 0.429. The average molecular weight is 273 g/mol. The van der Waals surface area contributed by atoms with Crippen molar-refractivity contribution in [3.05, 3.63) is 41.5 Å². The highest BCUT2D eigenvalue weighted by atomic mass is 19.4. The third-order valence-electron chi connectivity index (χ3n) is 2.40. The van der Waals surface area contributed by atoms with Crippen LogP contribution in [0.2, 0.25) is 0 Å². The first-order chi connectivity index (χ1) is 8.81. The predicted molar refractivity (Wildman–Crippen MR) is 69.0 cm³/mol. The standard InChI is InChI=1S/C14H18F3NO/c1-4-18-13(9-10(2)3)11-5-7-12(8-6-11)19-14(15,16)17/h5-9,13,18H,4H2,1-3H3. The molecular formula is C14H18F3NO. The van der Waals surface area contributed by atoms with Gasteiger partial charge in [0.25, 0.3) is 0 Å². The van der Waals surface area contributed by atoms with Crippen molar-refractivity contribution in [3.63, 3.8) is 0 Å². The van der Waals surface area contributed by atoms with Gasteiger partial charge in [-0.2, -0.15) is 0 Å². The van der Waals surface area contributed by atoms with Crippen LogP contribution in [0.3, 0.4) is 0 Å². The molecule has 0 aliphatic heterocycles. The molecule has 1 N–H and O–H groups in total. The molecule has 0 aliphatic carbocycles. The lowest BCUT2D eigenvalue weighted by atomic mass is 10.0. The second-order valence-corrected chi connectivity index (χ2v) is 4.40. The van der Waals surface area contributed by atoms with Crippen molar-refractivity contribution < 1.29 is 17.9 Å². The minimum absolute atomic E-state index is 0.00469. The molecule has 0 spiro atoms. The number of rotatable bonds is 5. The first kappa shape index (κ1) is 15.6. The Kier molecular flexibility index (Phi) is 5.42. The molecule has 1 aromatic carbocycles. The molecular weight excluding hydrogens is 255 g/mol. The Morgan fingerprint density at radius 1 is 1.26 bits per heavy atom. The highest BCUT2D eigenvalue weighted by Crippen LogP contribution is 2.25. The molecule has 106 valence electrons. The van der Waals surface area contributed by atoms with Gasteiger partial charge in [-0.1, -0.05) is 30.7 Å². The Morgan fingerprint density at radius 3 is 2.26 bits per heavy atom. The molecule has 0 bridgehead atoms. The number of allylic oxidation sites excluding steroid dienone is 1. The van der Waals surface area contributed by atoms with E-state index in [2.05, 4.69) is 10.1 Å². The molecule has 1 unspecified atom stereocenters. The maximum Gasteiger partial charge on any atom is 0.573 e. The van der Waals surface area contributed by atoms with Crippen LogP contribution in [0.5, 0.6) is 5.75 Å². The Labute approximate surface area is 111 Å². The highest BCUT2D eigenvalue weighted by Gasteiger charge is 2.31. The third kappa shape index (κ3) is 5.79. The zero-order chi connectivity index (χ0) is 14.5. The summed E-state index contributed by atoms with van der Waals surface area (Å²) in [6.45, 7) is 6.71. The number of ether oxygens (including phenoxy) is 1. The summed E-state index contributed by atoms with van der Waals surface area (Å²) >= 11 is 0. The van der Waals surface area contributed by atoms with E-state index < -0.39 is 6.36 Å². The molecule has 0 aliphatic rings. The van der Waals surface area contributed by atoms with Gasteiger partial charge in [0.05, 0.1) is 6.04 Å². The van der Waals surface area contributed by atoms with Crippen molar-refractivity contribution in [1.82, 2.24) is 5.32 Å². The van der Waals surface area contributed by atoms with Crippen LogP contribution >= 0.6 is 0 Å². The second-order valence-electron chi connectivity index (χ2n) is 4.40. The quantitative estimate of drug-likeness (QED) is 0.812. The number of halogens is 3. The summed E-state index contributed by atoms with van der Waals surface area (Å²) in [5.74, 6) is -0.205. The van der Waals surface area contributed by atoms with Crippen LogP contribution in [0.15, 0.2) is 35.9 Å². The van der Waals surface area contributed by atoms with Crippen LogP contribution in [0.1, 0.15) is 32.4 Å². The summed E-state index contributed by atoms with van der Waals surface area (Å²) in [4.78, 5) is 0. The molecule has 0 heterocycles. The van der Waals surface area contributed by atoms with Crippen LogP contribution in [0, 0.1) is 0 Å². The van der Waals surface area contributed by atoms with Gasteiger partial charge in [0.2, 0.25) is 0 Å². The predicted octanol–water partition coefficient (Wildman–Crippen LogP) is 4.20. The van der Waals surface area contributed by atoms with Gasteiger partial charge in [-0.05, 0) is 38.1 Å². The fourth-order valence-corrected chi connectivity index (χ4v) is 1.70. The van der Waals surface area contributed by atoms with E-state index in [4.69, 9.17) is 0 Å². The fourth-order valence-electron chi connectivity index (χ4n) is 1.70. The zero-order valence-corrected chi connectivity index (χ0v) is 11.2. The van der Waals surface area contributed by atoms with Crippen LogP contribution in [0.25, 0.3) is 0 Å². The first-order valence-electron chi connectivity index (χ1n) is 6.06. The summed E-state index contributed by atoms with van der Waals surface area (Å²) in [5, 5.41) is 3.26. The summed E-state index contributed by atoms with van der Waals surface area (Å²) in [7, 11) is 0. The molecule has 0 aromatic heterocycles. The summed E-state index contributed by atoms with van der Waals surface area (Å²) in [6.07, 6.45) is -2.62. The minimum Gasteiger partial charge on any atom is -0.406 e. The van der Waals surface area contributed by atoms with Gasteiger partial charge in [0.15, 0.2) is 0 Å². The zero-order valence-electron chi connectivity index (χ0n) is 11.2. The smallest absolute Gasteiger partial charge is 0.406 e. The van der Waals surface area contributed by atoms with Gasteiger partial charge < -0.3 is 10.1 Å². The van der Waals surface area contributed by atoms with E-state index in [-0.39, 0.29) is 11.8 Å². The van der Waals surface area contributed by atoms with E-state index in [0.717, 1.165) is 17.7 Å². The number of nitrogens with one attached hydrogen (secondary N) is 1. The Morgan fingerprint density at radius 2 is 1.84 bits per heavy atom. The van der Waals surface area contributed by atoms with E-state index in [1.807, 2.05) is 26.8 Å². The van der Waals surface area contributed by atoms with Crippen molar-refractivity contribution in [3.8, 4) is 5.75 Å². The van der Waals surface area contributed by atoms with Crippen LogP contribution < -0.4 is 10.1 Å². The summed E-state index contributed by atoms with van der Waals surface area (Å²) < 4.78 is 40.0. The average Bonchev–Trinajstić information content (AvgIpc) is 2.27. The summed E-state index contributed by atoms with van der Waals surface area (Å²) in [6, 6.07) is 5.91. The molecule has 19 heavy (non-hydrogen) atoms. The van der Waals surface area contributed by atoms with Gasteiger partial charge in [0.1, 0.15) is 5.75 Å². The lowest BCUT2D eigenvalue weighted by molar-refractivity contribution is -0.274. The Hall–Kier alpha value is -1.49. The highest BCUT2D eigenvalue weighted by molar-refractivity contribution is 5.31. The maximum absolute atomic E-state index is 12.0. The maximum atomic E-state index is 12.0. The number of benzene rings is 1.